The lowest BCUT2D eigenvalue weighted by Gasteiger charge is -2.01. The molecule has 0 fully saturated rings. The fourth-order valence-corrected chi connectivity index (χ4v) is 0.693. The van der Waals surface area contributed by atoms with Crippen LogP contribution in [0.15, 0.2) is 29.6 Å². The first-order chi connectivity index (χ1) is 5.68. The highest BCUT2D eigenvalue weighted by molar-refractivity contribution is 5.78. The second kappa shape index (κ2) is 3.71. The molecule has 0 aliphatic rings. The first kappa shape index (κ1) is 8.52. The molecule has 0 aliphatic carbocycles. The number of rotatable bonds is 2. The molecular formula is C8H11N3O. The van der Waals surface area contributed by atoms with E-state index in [2.05, 4.69) is 5.10 Å². The third-order valence-electron chi connectivity index (χ3n) is 1.27. The molecule has 0 bridgehead atoms. The van der Waals surface area contributed by atoms with Crippen LogP contribution in [0.2, 0.25) is 0 Å². The maximum absolute atomic E-state index is 10.6. The van der Waals surface area contributed by atoms with Gasteiger partial charge >= 0.3 is 0 Å². The number of hydrogen-bond acceptors (Lipinski definition) is 3. The maximum atomic E-state index is 10.6. The molecule has 0 saturated carbocycles. The summed E-state index contributed by atoms with van der Waals surface area (Å²) >= 11 is 0. The molecule has 1 aromatic rings. The van der Waals surface area contributed by atoms with Gasteiger partial charge in [-0.25, -0.2) is 0 Å². The van der Waals surface area contributed by atoms with Gasteiger partial charge in [0.1, 0.15) is 0 Å². The van der Waals surface area contributed by atoms with Crippen molar-refractivity contribution in [2.75, 3.05) is 14.1 Å². The molecule has 4 nitrogen and oxygen atoms in total. The average Bonchev–Trinajstić information content (AvgIpc) is 2.03. The number of nitrogens with zero attached hydrogens (tertiary/aromatic N) is 3. The van der Waals surface area contributed by atoms with Gasteiger partial charge in [-0.05, 0) is 0 Å². The molecule has 1 heterocycles. The molecule has 0 aliphatic heterocycles. The molecular weight excluding hydrogens is 154 g/mol. The first-order valence-corrected chi connectivity index (χ1v) is 3.58. The third-order valence-corrected chi connectivity index (χ3v) is 1.27. The van der Waals surface area contributed by atoms with Gasteiger partial charge in [0.15, 0.2) is 12.4 Å². The van der Waals surface area contributed by atoms with Gasteiger partial charge in [-0.1, -0.05) is 0 Å². The minimum atomic E-state index is 0.743. The predicted octanol–water partition coefficient (Wildman–Crippen LogP) is 0.215. The van der Waals surface area contributed by atoms with Gasteiger partial charge in [0.05, 0.1) is 6.21 Å². The zero-order valence-electron chi connectivity index (χ0n) is 7.14. The minimum absolute atomic E-state index is 0.743. The topological polar surface area (TPSA) is 42.5 Å². The lowest BCUT2D eigenvalue weighted by molar-refractivity contribution is -0.605. The summed E-state index contributed by atoms with van der Waals surface area (Å²) in [6.45, 7) is 0. The van der Waals surface area contributed by atoms with E-state index in [1.807, 2.05) is 14.1 Å². The van der Waals surface area contributed by atoms with E-state index < -0.39 is 0 Å². The van der Waals surface area contributed by atoms with Crippen LogP contribution in [-0.2, 0) is 0 Å². The SMILES string of the molecule is CN(C)/N=C\c1cc[n+]([O-])cc1. The van der Waals surface area contributed by atoms with E-state index >= 15 is 0 Å². The highest BCUT2D eigenvalue weighted by Gasteiger charge is 1.89. The van der Waals surface area contributed by atoms with Crippen molar-refractivity contribution in [3.63, 3.8) is 0 Å². The second-order valence-electron chi connectivity index (χ2n) is 2.58. The molecule has 0 amide bonds. The Morgan fingerprint density at radius 2 is 2.00 bits per heavy atom. The van der Waals surface area contributed by atoms with E-state index in [9.17, 15) is 5.21 Å². The quantitative estimate of drug-likeness (QED) is 0.272. The summed E-state index contributed by atoms with van der Waals surface area (Å²) in [5.74, 6) is 0. The standard InChI is InChI=1S/C8H11N3O/c1-10(2)9-7-8-3-5-11(12)6-4-8/h3-7H,1-2H3/b9-7-. The van der Waals surface area contributed by atoms with Gasteiger partial charge in [-0.15, -0.1) is 0 Å². The molecule has 1 rings (SSSR count). The maximum Gasteiger partial charge on any atom is 0.181 e. The van der Waals surface area contributed by atoms with Crippen LogP contribution < -0.4 is 4.73 Å². The molecule has 64 valence electrons. The molecule has 0 N–H and O–H groups in total. The number of hydrazone groups is 1. The van der Waals surface area contributed by atoms with Crippen LogP contribution >= 0.6 is 0 Å². The van der Waals surface area contributed by atoms with Crippen LogP contribution in [0, 0.1) is 5.21 Å². The molecule has 1 aromatic heterocycles. The van der Waals surface area contributed by atoms with Crippen LogP contribution in [0.3, 0.4) is 0 Å². The van der Waals surface area contributed by atoms with Crippen LogP contribution in [0.25, 0.3) is 0 Å². The summed E-state index contributed by atoms with van der Waals surface area (Å²) in [6, 6.07) is 3.42. The van der Waals surface area contributed by atoms with E-state index in [-0.39, 0.29) is 0 Å². The van der Waals surface area contributed by atoms with E-state index in [1.54, 1.807) is 23.4 Å². The summed E-state index contributed by atoms with van der Waals surface area (Å²) in [6.07, 6.45) is 4.58. The Morgan fingerprint density at radius 3 is 2.50 bits per heavy atom. The van der Waals surface area contributed by atoms with Crippen LogP contribution in [0.5, 0.6) is 0 Å². The lowest BCUT2D eigenvalue weighted by atomic mass is 10.3. The van der Waals surface area contributed by atoms with Gasteiger partial charge in [0, 0.05) is 31.8 Å². The van der Waals surface area contributed by atoms with Crippen LogP contribution in [-0.4, -0.2) is 25.3 Å². The Morgan fingerprint density at radius 1 is 1.42 bits per heavy atom. The van der Waals surface area contributed by atoms with E-state index in [4.69, 9.17) is 0 Å². The molecule has 0 unspecified atom stereocenters. The van der Waals surface area contributed by atoms with Crippen molar-refractivity contribution in [3.05, 3.63) is 35.3 Å². The third kappa shape index (κ3) is 2.57. The highest BCUT2D eigenvalue weighted by Crippen LogP contribution is 1.90. The Hall–Kier alpha value is -1.58. The van der Waals surface area contributed by atoms with Crippen molar-refractivity contribution in [2.45, 2.75) is 0 Å². The fraction of sp³-hybridized carbons (Fsp3) is 0.250. The van der Waals surface area contributed by atoms with Gasteiger partial charge in [0.25, 0.3) is 0 Å². The van der Waals surface area contributed by atoms with E-state index in [0.29, 0.717) is 0 Å². The Kier molecular flexibility index (Phi) is 2.63. The molecule has 0 aromatic carbocycles. The molecule has 0 spiro atoms. The lowest BCUT2D eigenvalue weighted by Crippen LogP contribution is -2.23. The van der Waals surface area contributed by atoms with Crippen molar-refractivity contribution in [2.24, 2.45) is 5.10 Å². The largest absolute Gasteiger partial charge is 0.619 e. The normalized spacial score (nSPS) is 10.5. The van der Waals surface area contributed by atoms with Gasteiger partial charge < -0.3 is 10.2 Å². The first-order valence-electron chi connectivity index (χ1n) is 3.58. The molecule has 0 radical (unpaired) electrons. The van der Waals surface area contributed by atoms with Gasteiger partial charge in [-0.2, -0.15) is 9.83 Å². The van der Waals surface area contributed by atoms with E-state index in [1.165, 1.54) is 12.4 Å². The van der Waals surface area contributed by atoms with Gasteiger partial charge in [0.2, 0.25) is 0 Å². The minimum Gasteiger partial charge on any atom is -0.619 e. The fourth-order valence-electron chi connectivity index (χ4n) is 0.693. The van der Waals surface area contributed by atoms with Crippen LogP contribution in [0.1, 0.15) is 5.56 Å². The van der Waals surface area contributed by atoms with E-state index in [0.717, 1.165) is 10.3 Å². The summed E-state index contributed by atoms with van der Waals surface area (Å²) in [5.41, 5.74) is 0.913. The summed E-state index contributed by atoms with van der Waals surface area (Å²) in [7, 11) is 3.68. The Bertz CT molecular complexity index is 266. The van der Waals surface area contributed by atoms with Crippen LogP contribution in [0.4, 0.5) is 0 Å². The summed E-state index contributed by atoms with van der Waals surface area (Å²) < 4.78 is 0.743. The number of hydrogen-bond donors (Lipinski definition) is 0. The predicted molar refractivity (Wildman–Crippen MR) is 46.7 cm³/mol. The number of aromatic nitrogens is 1. The molecule has 0 atom stereocenters. The van der Waals surface area contributed by atoms with Gasteiger partial charge in [-0.3, -0.25) is 0 Å². The zero-order valence-corrected chi connectivity index (χ0v) is 7.14. The monoisotopic (exact) mass is 165 g/mol. The molecule has 0 saturated heterocycles. The highest BCUT2D eigenvalue weighted by atomic mass is 16.5. The van der Waals surface area contributed by atoms with Crippen molar-refractivity contribution in [1.29, 1.82) is 0 Å². The Balaban J connectivity index is 2.71. The molecule has 12 heavy (non-hydrogen) atoms. The van der Waals surface area contributed by atoms with Crippen molar-refractivity contribution in [1.82, 2.24) is 5.01 Å². The number of pyridine rings is 1. The van der Waals surface area contributed by atoms with Crippen molar-refractivity contribution < 1.29 is 4.73 Å². The second-order valence-corrected chi connectivity index (χ2v) is 2.58. The average molecular weight is 165 g/mol. The molecule has 4 heteroatoms. The zero-order chi connectivity index (χ0) is 8.97. The smallest absolute Gasteiger partial charge is 0.181 e. The van der Waals surface area contributed by atoms with Crippen molar-refractivity contribution in [3.8, 4) is 0 Å². The summed E-state index contributed by atoms with van der Waals surface area (Å²) in [4.78, 5) is 0. The summed E-state index contributed by atoms with van der Waals surface area (Å²) in [5, 5.41) is 16.3. The Labute approximate surface area is 71.3 Å². The van der Waals surface area contributed by atoms with Crippen molar-refractivity contribution >= 4 is 6.21 Å².